The van der Waals surface area contributed by atoms with Gasteiger partial charge in [-0.2, -0.15) is 0 Å². The number of likely N-dealkylation sites (N-methyl/N-ethyl adjacent to an activating group) is 2. The van der Waals surface area contributed by atoms with Crippen molar-refractivity contribution in [1.29, 1.82) is 0 Å². The highest BCUT2D eigenvalue weighted by atomic mass is 35.5. The van der Waals surface area contributed by atoms with Crippen LogP contribution < -0.4 is 31.2 Å². The van der Waals surface area contributed by atoms with Crippen LogP contribution in [0, 0.1) is 11.6 Å². The molecule has 16 nitrogen and oxygen atoms in total. The van der Waals surface area contributed by atoms with Gasteiger partial charge in [0.05, 0.1) is 46.7 Å². The number of rotatable bonds is 14. The van der Waals surface area contributed by atoms with Crippen molar-refractivity contribution >= 4 is 79.9 Å². The minimum Gasteiger partial charge on any atom is -0.496 e. The summed E-state index contributed by atoms with van der Waals surface area (Å²) in [4.78, 5) is 48.0. The van der Waals surface area contributed by atoms with Gasteiger partial charge in [-0.05, 0) is 96.3 Å². The lowest BCUT2D eigenvalue weighted by atomic mass is 9.85. The van der Waals surface area contributed by atoms with Crippen molar-refractivity contribution in [2.75, 3.05) is 72.2 Å². The van der Waals surface area contributed by atoms with E-state index >= 15 is 0 Å². The topological polar surface area (TPSA) is 196 Å². The zero-order valence-corrected chi connectivity index (χ0v) is 39.3. The quantitative estimate of drug-likeness (QED) is 0.0726. The van der Waals surface area contributed by atoms with E-state index in [2.05, 4.69) is 40.8 Å². The number of hydrogen-bond acceptors (Lipinski definition) is 14. The molecular formula is C47H53Cl2F2N11O5. The molecule has 6 N–H and O–H groups in total. The number of halogens is 4. The third-order valence-corrected chi connectivity index (χ3v) is 13.4. The normalized spacial score (nSPS) is 15.8. The van der Waals surface area contributed by atoms with Crippen LogP contribution in [-0.2, 0) is 22.7 Å². The number of likely N-dealkylation sites (tertiary alicyclic amines) is 1. The zero-order valence-electron chi connectivity index (χ0n) is 37.8. The lowest BCUT2D eigenvalue weighted by molar-refractivity contribution is -0.154. The summed E-state index contributed by atoms with van der Waals surface area (Å²) in [6.07, 6.45) is 5.08. The van der Waals surface area contributed by atoms with Gasteiger partial charge in [0, 0.05) is 60.2 Å². The number of nitrogens with two attached hydrogens (primary N) is 1. The number of nitrogens with zero attached hydrogens (tertiary/aromatic N) is 7. The molecule has 20 heteroatoms. The van der Waals surface area contributed by atoms with Gasteiger partial charge in [0.15, 0.2) is 11.6 Å². The van der Waals surface area contributed by atoms with E-state index in [4.69, 9.17) is 38.4 Å². The van der Waals surface area contributed by atoms with Gasteiger partial charge in [-0.1, -0.05) is 35.3 Å². The molecule has 8 rings (SSSR count). The van der Waals surface area contributed by atoms with Crippen LogP contribution >= 0.6 is 23.2 Å². The monoisotopic (exact) mass is 959 g/mol. The van der Waals surface area contributed by atoms with Crippen LogP contribution in [0.25, 0.3) is 21.8 Å². The molecule has 2 fully saturated rings. The van der Waals surface area contributed by atoms with Gasteiger partial charge in [0.25, 0.3) is 0 Å². The summed E-state index contributed by atoms with van der Waals surface area (Å²) in [7, 11) is 8.86. The predicted octanol–water partition coefficient (Wildman–Crippen LogP) is 7.37. The maximum absolute atomic E-state index is 14.5. The molecule has 1 amide bonds. The number of hydrogen-bond donors (Lipinski definition) is 5. The molecule has 2 aromatic heterocycles. The number of methoxy groups -OCH3 is 2. The molecule has 4 heterocycles. The number of carbonyl (C=O) groups is 2. The number of benzene rings is 4. The number of carboxylic acid groups (broad SMARTS) is 1. The molecule has 354 valence electrons. The Morgan fingerprint density at radius 2 is 1.21 bits per heavy atom. The number of fused-ring (bicyclic) bond motifs is 2. The first-order chi connectivity index (χ1) is 32.1. The fourth-order valence-corrected chi connectivity index (χ4v) is 9.11. The Bertz CT molecular complexity index is 2780. The van der Waals surface area contributed by atoms with Crippen LogP contribution in [-0.4, -0.2) is 124 Å². The first-order valence-electron chi connectivity index (χ1n) is 21.5. The summed E-state index contributed by atoms with van der Waals surface area (Å²) >= 11 is 11.8. The molecule has 6 aromatic rings. The second-order valence-corrected chi connectivity index (χ2v) is 17.6. The molecule has 0 unspecified atom stereocenters. The molecular weight excluding hydrogens is 907 g/mol. The summed E-state index contributed by atoms with van der Waals surface area (Å²) in [6.45, 7) is 3.61. The third kappa shape index (κ3) is 10.3. The molecule has 2 saturated heterocycles. The fraction of sp³-hybridized carbons (Fsp3) is 0.362. The van der Waals surface area contributed by atoms with Gasteiger partial charge in [-0.25, -0.2) is 28.7 Å². The minimum atomic E-state index is -0.968. The molecule has 2 aliphatic heterocycles. The summed E-state index contributed by atoms with van der Waals surface area (Å²) in [5, 5.41) is 20.8. The van der Waals surface area contributed by atoms with Gasteiger partial charge in [-0.15, -0.1) is 0 Å². The number of anilines is 4. The van der Waals surface area contributed by atoms with Gasteiger partial charge in [0.2, 0.25) is 5.91 Å². The van der Waals surface area contributed by atoms with Crippen LogP contribution in [0.5, 0.6) is 11.5 Å². The molecule has 0 aliphatic carbocycles. The predicted molar refractivity (Wildman–Crippen MR) is 256 cm³/mol. The molecule has 0 radical (unpaired) electrons. The molecule has 2 aliphatic rings. The van der Waals surface area contributed by atoms with Gasteiger partial charge >= 0.3 is 5.97 Å². The van der Waals surface area contributed by atoms with Gasteiger partial charge in [-0.3, -0.25) is 19.4 Å². The SMILES string of the molecule is COc1cc2ncnc(Nc3cccc(Cl)c3F)c2cc1CN(C)C1(C(=O)O)CCN(C)CC1.COc1cc2ncnc(Nc3cccc(Cl)c3F)c2cc1CN(C)C1(C(N)=O)CCNCC1. The second-order valence-electron chi connectivity index (χ2n) is 16.8. The van der Waals surface area contributed by atoms with Crippen molar-refractivity contribution in [3.63, 3.8) is 0 Å². The van der Waals surface area contributed by atoms with Crippen LogP contribution in [0.3, 0.4) is 0 Å². The molecule has 67 heavy (non-hydrogen) atoms. The van der Waals surface area contributed by atoms with Gasteiger partial charge < -0.3 is 41.2 Å². The Hall–Kier alpha value is -6.02. The minimum absolute atomic E-state index is 0.00411. The third-order valence-electron chi connectivity index (χ3n) is 12.9. The summed E-state index contributed by atoms with van der Waals surface area (Å²) in [5.74, 6) is -0.251. The molecule has 4 aromatic carbocycles. The maximum Gasteiger partial charge on any atom is 0.324 e. The fourth-order valence-electron chi connectivity index (χ4n) is 8.76. The number of aliphatic carboxylic acids is 1. The van der Waals surface area contributed by atoms with E-state index in [1.165, 1.54) is 24.8 Å². The second kappa shape index (κ2) is 20.9. The molecule has 0 bridgehead atoms. The first-order valence-corrected chi connectivity index (χ1v) is 22.3. The largest absolute Gasteiger partial charge is 0.496 e. The van der Waals surface area contributed by atoms with E-state index in [-0.39, 0.29) is 27.3 Å². The summed E-state index contributed by atoms with van der Waals surface area (Å²) in [6, 6.07) is 16.8. The van der Waals surface area contributed by atoms with Crippen molar-refractivity contribution in [1.82, 2.24) is 40.0 Å². The van der Waals surface area contributed by atoms with E-state index in [9.17, 15) is 23.5 Å². The van der Waals surface area contributed by atoms with Crippen LogP contribution in [0.15, 0.2) is 73.3 Å². The van der Waals surface area contributed by atoms with Crippen molar-refractivity contribution in [2.24, 2.45) is 5.73 Å². The summed E-state index contributed by atoms with van der Waals surface area (Å²) < 4.78 is 40.2. The Kier molecular flexibility index (Phi) is 15.2. The van der Waals surface area contributed by atoms with E-state index in [0.29, 0.717) is 96.8 Å². The summed E-state index contributed by atoms with van der Waals surface area (Å²) in [5.41, 5.74) is 7.37. The number of aromatic nitrogens is 4. The van der Waals surface area contributed by atoms with E-state index < -0.39 is 28.7 Å². The van der Waals surface area contributed by atoms with Crippen molar-refractivity contribution in [2.45, 2.75) is 49.9 Å². The number of carboxylic acids is 1. The first kappa shape index (κ1) is 48.9. The van der Waals surface area contributed by atoms with Crippen molar-refractivity contribution in [3.8, 4) is 11.5 Å². The lowest BCUT2D eigenvalue weighted by Gasteiger charge is -2.43. The van der Waals surface area contributed by atoms with Crippen LogP contribution in [0.2, 0.25) is 10.0 Å². The number of primary amides is 1. The standard InChI is InChI=1S/C24H27ClFN5O3.C23H26ClFN6O2/c1-30-9-7-24(8-10-30,23(32)33)31(2)13-15-11-16-19(12-20(15)34-3)27-14-28-22(16)29-18-6-4-5-17(25)21(18)26;1-31(23(22(26)32)6-8-27-9-7-23)12-14-10-15-18(11-19(14)33-2)28-13-29-21(15)30-17-5-3-4-16(24)20(17)25/h4-6,11-12,14H,7-10,13H2,1-3H3,(H,32,33)(H,27,28,29);3-5,10-11,13,27H,6-9,12H2,1-2H3,(H2,26,32)(H,28,29,30). The number of nitrogens with one attached hydrogen (secondary N) is 3. The average molecular weight is 961 g/mol. The smallest absolute Gasteiger partial charge is 0.324 e. The number of amides is 1. The zero-order chi connectivity index (χ0) is 48.0. The Balaban J connectivity index is 0.000000199. The lowest BCUT2D eigenvalue weighted by Crippen LogP contribution is -2.60. The van der Waals surface area contributed by atoms with Crippen LogP contribution in [0.1, 0.15) is 36.8 Å². The van der Waals surface area contributed by atoms with E-state index in [1.807, 2.05) is 43.1 Å². The van der Waals surface area contributed by atoms with Crippen molar-refractivity contribution in [3.05, 3.63) is 106 Å². The Labute approximate surface area is 396 Å². The highest BCUT2D eigenvalue weighted by Gasteiger charge is 2.45. The average Bonchev–Trinajstić information content (AvgIpc) is 3.32. The number of carbonyl (C=O) groups excluding carboxylic acids is 1. The maximum atomic E-state index is 14.5. The van der Waals surface area contributed by atoms with E-state index in [0.717, 1.165) is 24.2 Å². The molecule has 0 saturated carbocycles. The molecule has 0 atom stereocenters. The van der Waals surface area contributed by atoms with Crippen molar-refractivity contribution < 1.29 is 33.0 Å². The molecule has 0 spiro atoms. The number of piperidine rings is 2. The Morgan fingerprint density at radius 3 is 1.63 bits per heavy atom. The highest BCUT2D eigenvalue weighted by molar-refractivity contribution is 6.31. The number of ether oxygens (including phenoxy) is 2. The van der Waals surface area contributed by atoms with Gasteiger partial charge in [0.1, 0.15) is 46.9 Å². The van der Waals surface area contributed by atoms with E-state index in [1.54, 1.807) is 50.6 Å². The highest BCUT2D eigenvalue weighted by Crippen LogP contribution is 2.37. The Morgan fingerprint density at radius 1 is 0.761 bits per heavy atom. The van der Waals surface area contributed by atoms with Crippen LogP contribution in [0.4, 0.5) is 31.8 Å².